The van der Waals surface area contributed by atoms with Crippen molar-refractivity contribution < 1.29 is 17.7 Å². The Balaban J connectivity index is 1.81. The number of hydroxylamine groups is 1. The Kier molecular flexibility index (Phi) is 6.56. The third-order valence-corrected chi connectivity index (χ3v) is 8.52. The molecule has 0 saturated carbocycles. The fourth-order valence-electron chi connectivity index (χ4n) is 4.25. The van der Waals surface area contributed by atoms with Crippen LogP contribution in [0, 0.1) is 0 Å². The van der Waals surface area contributed by atoms with Crippen molar-refractivity contribution in [2.75, 3.05) is 19.0 Å². The van der Waals surface area contributed by atoms with Gasteiger partial charge in [0.15, 0.2) is 0 Å². The monoisotopic (exact) mass is 497 g/mol. The Labute approximate surface area is 202 Å². The maximum absolute atomic E-state index is 14.1. The van der Waals surface area contributed by atoms with Crippen molar-refractivity contribution in [2.45, 2.75) is 43.5 Å². The average molecular weight is 498 g/mol. The van der Waals surface area contributed by atoms with Crippen LogP contribution in [0.15, 0.2) is 65.6 Å². The molecule has 34 heavy (non-hydrogen) atoms. The lowest BCUT2D eigenvalue weighted by Gasteiger charge is -2.35. The van der Waals surface area contributed by atoms with E-state index in [1.807, 2.05) is 87.2 Å². The number of carbonyl (C=O) groups excluding carboxylic acids is 1. The van der Waals surface area contributed by atoms with Gasteiger partial charge in [-0.15, -0.1) is 0 Å². The second-order valence-corrected chi connectivity index (χ2v) is 16.0. The summed E-state index contributed by atoms with van der Waals surface area (Å²) in [5.74, 6) is -0.449. The Bertz CT molecular complexity index is 1340. The minimum atomic E-state index is -4.01. The fraction of sp³-hybridized carbons (Fsp3) is 0.320. The number of fused-ring (bicyclic) bond motifs is 2. The van der Waals surface area contributed by atoms with E-state index in [2.05, 4.69) is 5.48 Å². The minimum Gasteiger partial charge on any atom is -0.377 e. The minimum absolute atomic E-state index is 0.118. The molecule has 4 rings (SSSR count). The molecule has 1 heterocycles. The van der Waals surface area contributed by atoms with Crippen molar-refractivity contribution in [3.05, 3.63) is 71.8 Å². The molecule has 1 aliphatic rings. The van der Waals surface area contributed by atoms with Crippen LogP contribution in [0.4, 0.5) is 5.69 Å². The van der Waals surface area contributed by atoms with Crippen molar-refractivity contribution in [3.8, 4) is 0 Å². The van der Waals surface area contributed by atoms with Gasteiger partial charge in [0, 0.05) is 37.1 Å². The van der Waals surface area contributed by atoms with E-state index in [-0.39, 0.29) is 17.9 Å². The molecule has 0 saturated heterocycles. The van der Waals surface area contributed by atoms with Gasteiger partial charge in [0.25, 0.3) is 5.91 Å². The first kappa shape index (κ1) is 24.4. The Morgan fingerprint density at radius 1 is 0.971 bits per heavy atom. The standard InChI is InChI=1S/C25H31N3O4SSi/c1-27(2)22-14-8-13-21-20(22)12-9-15-24(21)33(30,31)28-17-19-11-7-6-10-18(19)16-23(28)25(29)26-32-34(3,4)5/h6-15,23H,16-17H2,1-5H3,(H,26,29)/t23-/m1/s1. The fourth-order valence-corrected chi connectivity index (χ4v) is 6.43. The van der Waals surface area contributed by atoms with Gasteiger partial charge in [0.1, 0.15) is 6.04 Å². The molecule has 1 amide bonds. The highest BCUT2D eigenvalue weighted by molar-refractivity contribution is 7.89. The van der Waals surface area contributed by atoms with E-state index >= 15 is 0 Å². The zero-order chi connectivity index (χ0) is 24.7. The van der Waals surface area contributed by atoms with Gasteiger partial charge < -0.3 is 9.43 Å². The Morgan fingerprint density at radius 2 is 1.62 bits per heavy atom. The molecule has 0 spiro atoms. The predicted octanol–water partition coefficient (Wildman–Crippen LogP) is 3.90. The molecule has 9 heteroatoms. The van der Waals surface area contributed by atoms with Crippen LogP contribution in [0.2, 0.25) is 19.6 Å². The number of benzene rings is 3. The highest BCUT2D eigenvalue weighted by atomic mass is 32.2. The second kappa shape index (κ2) is 9.14. The van der Waals surface area contributed by atoms with Crippen molar-refractivity contribution >= 4 is 40.7 Å². The van der Waals surface area contributed by atoms with Crippen molar-refractivity contribution in [1.29, 1.82) is 0 Å². The molecule has 1 aliphatic heterocycles. The summed E-state index contributed by atoms with van der Waals surface area (Å²) in [6.45, 7) is 5.98. The molecule has 0 radical (unpaired) electrons. The summed E-state index contributed by atoms with van der Waals surface area (Å²) in [6, 6.07) is 17.7. The number of anilines is 1. The largest absolute Gasteiger partial charge is 0.377 e. The highest BCUT2D eigenvalue weighted by Gasteiger charge is 2.40. The molecule has 3 aromatic carbocycles. The highest BCUT2D eigenvalue weighted by Crippen LogP contribution is 2.35. The second-order valence-electron chi connectivity index (χ2n) is 9.74. The molecule has 3 aromatic rings. The van der Waals surface area contributed by atoms with Gasteiger partial charge in [0.05, 0.1) is 4.90 Å². The Hall–Kier alpha value is -2.72. The first-order valence-corrected chi connectivity index (χ1v) is 16.1. The molecule has 0 bridgehead atoms. The van der Waals surface area contributed by atoms with Crippen LogP contribution < -0.4 is 10.4 Å². The van der Waals surface area contributed by atoms with E-state index in [4.69, 9.17) is 4.53 Å². The average Bonchev–Trinajstić information content (AvgIpc) is 2.80. The third kappa shape index (κ3) is 4.74. The molecule has 7 nitrogen and oxygen atoms in total. The van der Waals surface area contributed by atoms with Gasteiger partial charge in [-0.2, -0.15) is 4.31 Å². The van der Waals surface area contributed by atoms with Gasteiger partial charge in [-0.1, -0.05) is 48.5 Å². The summed E-state index contributed by atoms with van der Waals surface area (Å²) >= 11 is 0. The number of carbonyl (C=O) groups is 1. The molecule has 0 aliphatic carbocycles. The van der Waals surface area contributed by atoms with Crippen molar-refractivity contribution in [3.63, 3.8) is 0 Å². The Morgan fingerprint density at radius 3 is 2.29 bits per heavy atom. The van der Waals surface area contributed by atoms with E-state index in [0.717, 1.165) is 22.2 Å². The van der Waals surface area contributed by atoms with E-state index in [0.29, 0.717) is 5.39 Å². The first-order valence-electron chi connectivity index (χ1n) is 11.2. The SMILES string of the molecule is CN(C)c1cccc2c(S(=O)(=O)N3Cc4ccccc4C[C@@H]3C(=O)NO[Si](C)(C)C)cccc12. The summed E-state index contributed by atoms with van der Waals surface area (Å²) < 4.78 is 35.2. The summed E-state index contributed by atoms with van der Waals surface area (Å²) in [4.78, 5) is 15.4. The van der Waals surface area contributed by atoms with E-state index in [9.17, 15) is 13.2 Å². The number of hydrogen-bond donors (Lipinski definition) is 1. The quantitative estimate of drug-likeness (QED) is 0.413. The third-order valence-electron chi connectivity index (χ3n) is 5.89. The number of amides is 1. The zero-order valence-corrected chi connectivity index (χ0v) is 22.0. The molecule has 1 atom stereocenters. The molecule has 0 fully saturated rings. The topological polar surface area (TPSA) is 79.0 Å². The van der Waals surface area contributed by atoms with E-state index in [1.54, 1.807) is 12.1 Å². The number of nitrogens with one attached hydrogen (secondary N) is 1. The molecular formula is C25H31N3O4SSi. The number of nitrogens with zero attached hydrogens (tertiary/aromatic N) is 2. The number of hydrogen-bond acceptors (Lipinski definition) is 5. The van der Waals surface area contributed by atoms with Crippen LogP contribution in [0.1, 0.15) is 11.1 Å². The van der Waals surface area contributed by atoms with Crippen LogP contribution in [0.5, 0.6) is 0 Å². The van der Waals surface area contributed by atoms with Gasteiger partial charge in [-0.05, 0) is 49.3 Å². The maximum atomic E-state index is 14.1. The predicted molar refractivity (Wildman–Crippen MR) is 138 cm³/mol. The summed E-state index contributed by atoms with van der Waals surface area (Å²) in [5.41, 5.74) is 5.34. The summed E-state index contributed by atoms with van der Waals surface area (Å²) in [5, 5.41) is 1.47. The van der Waals surface area contributed by atoms with Crippen LogP contribution >= 0.6 is 0 Å². The van der Waals surface area contributed by atoms with Crippen LogP contribution in [0.3, 0.4) is 0 Å². The van der Waals surface area contributed by atoms with Crippen LogP contribution in [0.25, 0.3) is 10.8 Å². The molecule has 0 aromatic heterocycles. The smallest absolute Gasteiger partial charge is 0.261 e. The van der Waals surface area contributed by atoms with Crippen LogP contribution in [-0.2, 0) is 32.3 Å². The molecule has 0 unspecified atom stereocenters. The lowest BCUT2D eigenvalue weighted by atomic mass is 9.95. The van der Waals surface area contributed by atoms with Crippen molar-refractivity contribution in [1.82, 2.24) is 9.79 Å². The van der Waals surface area contributed by atoms with Gasteiger partial charge in [-0.25, -0.2) is 13.9 Å². The molecular weight excluding hydrogens is 466 g/mol. The van der Waals surface area contributed by atoms with E-state index in [1.165, 1.54) is 4.31 Å². The van der Waals surface area contributed by atoms with Gasteiger partial charge >= 0.3 is 0 Å². The van der Waals surface area contributed by atoms with Gasteiger partial charge in [0.2, 0.25) is 18.3 Å². The lowest BCUT2D eigenvalue weighted by molar-refractivity contribution is -0.132. The molecule has 180 valence electrons. The summed E-state index contributed by atoms with van der Waals surface area (Å²) in [7, 11) is -2.20. The van der Waals surface area contributed by atoms with Crippen molar-refractivity contribution in [2.24, 2.45) is 0 Å². The zero-order valence-electron chi connectivity index (χ0n) is 20.2. The normalized spacial score (nSPS) is 16.8. The molecule has 1 N–H and O–H groups in total. The lowest BCUT2D eigenvalue weighted by Crippen LogP contribution is -2.53. The van der Waals surface area contributed by atoms with E-state index < -0.39 is 30.3 Å². The number of rotatable bonds is 6. The number of sulfonamides is 1. The maximum Gasteiger partial charge on any atom is 0.261 e. The first-order chi connectivity index (χ1) is 16.0. The van der Waals surface area contributed by atoms with Gasteiger partial charge in [-0.3, -0.25) is 4.79 Å². The van der Waals surface area contributed by atoms with Crippen LogP contribution in [-0.4, -0.2) is 47.1 Å². The summed E-state index contributed by atoms with van der Waals surface area (Å²) in [6.07, 6.45) is 0.282.